The lowest BCUT2D eigenvalue weighted by Crippen LogP contribution is -2.33. The number of sulfonamides is 1. The normalized spacial score (nSPS) is 11.2. The molecule has 0 spiro atoms. The summed E-state index contributed by atoms with van der Waals surface area (Å²) in [7, 11) is -4.75. The van der Waals surface area contributed by atoms with Gasteiger partial charge in [0.05, 0.1) is 0 Å². The quantitative estimate of drug-likeness (QED) is 0.866. The fraction of sp³-hybridized carbons (Fsp3) is 0. The van der Waals surface area contributed by atoms with Gasteiger partial charge in [0.15, 0.2) is 17.5 Å². The largest absolute Gasteiger partial charge is 0.427 e. The molecular weight excluding hydrogens is 333 g/mol. The van der Waals surface area contributed by atoms with Crippen molar-refractivity contribution in [2.75, 3.05) is 0 Å². The molecule has 0 aliphatic carbocycles. The Kier molecular flexibility index (Phi) is 4.14. The lowest BCUT2D eigenvalue weighted by Gasteiger charge is -2.07. The summed E-state index contributed by atoms with van der Waals surface area (Å²) in [6.45, 7) is 0. The van der Waals surface area contributed by atoms with E-state index in [1.807, 2.05) is 0 Å². The van der Waals surface area contributed by atoms with E-state index >= 15 is 0 Å². The number of halogens is 3. The average molecular weight is 338 g/mol. The second kappa shape index (κ2) is 5.69. The van der Waals surface area contributed by atoms with Crippen molar-refractivity contribution < 1.29 is 31.1 Å². The van der Waals surface area contributed by atoms with E-state index in [1.165, 1.54) is 17.0 Å². The van der Waals surface area contributed by atoms with Gasteiger partial charge in [-0.05, 0) is 12.1 Å². The van der Waals surface area contributed by atoms with Crippen molar-refractivity contribution in [2.24, 2.45) is 0 Å². The van der Waals surface area contributed by atoms with E-state index in [2.05, 4.69) is 9.11 Å². The van der Waals surface area contributed by atoms with Crippen LogP contribution in [-0.4, -0.2) is 18.9 Å². The van der Waals surface area contributed by atoms with Gasteiger partial charge in [0, 0.05) is 23.8 Å². The van der Waals surface area contributed by atoms with Crippen molar-refractivity contribution in [3.63, 3.8) is 0 Å². The van der Waals surface area contributed by atoms with E-state index in [0.717, 1.165) is 11.5 Å². The molecule has 0 atom stereocenters. The van der Waals surface area contributed by atoms with Gasteiger partial charge in [-0.2, -0.15) is 4.37 Å². The highest BCUT2D eigenvalue weighted by molar-refractivity contribution is 7.90. The summed E-state index contributed by atoms with van der Waals surface area (Å²) < 4.78 is 72.0. The summed E-state index contributed by atoms with van der Waals surface area (Å²) in [5, 5.41) is -0.00606. The maximum atomic E-state index is 13.4. The van der Waals surface area contributed by atoms with Gasteiger partial charge in [0.1, 0.15) is 4.90 Å². The number of nitrogens with one attached hydrogen (secondary N) is 1. The molecule has 0 radical (unpaired) electrons. The summed E-state index contributed by atoms with van der Waals surface area (Å²) in [6, 6.07) is 2.19. The van der Waals surface area contributed by atoms with E-state index in [9.17, 15) is 26.4 Å². The minimum absolute atomic E-state index is 0.00606. The summed E-state index contributed by atoms with van der Waals surface area (Å²) in [5.41, 5.74) is 0. The number of carbonyl (C=O) groups is 1. The molecule has 1 aromatic carbocycles. The average Bonchev–Trinajstić information content (AvgIpc) is 2.87. The zero-order valence-electron chi connectivity index (χ0n) is 9.84. The van der Waals surface area contributed by atoms with Crippen LogP contribution in [0.5, 0.6) is 5.06 Å². The fourth-order valence-electron chi connectivity index (χ4n) is 1.25. The topological polar surface area (TPSA) is 85.4 Å². The van der Waals surface area contributed by atoms with Crippen molar-refractivity contribution in [3.05, 3.63) is 41.8 Å². The molecule has 0 unspecified atom stereocenters. The monoisotopic (exact) mass is 338 g/mol. The molecule has 0 bridgehead atoms. The Balaban J connectivity index is 2.23. The standard InChI is InChI=1S/C10H5F3N2O4S2/c11-5-1-2-6(9(13)8(5)12)21(17,18)15-10(16)19-7-3-4-14-20-7/h1-4H,(H,15,16). The van der Waals surface area contributed by atoms with Gasteiger partial charge in [0.25, 0.3) is 10.0 Å². The molecule has 21 heavy (non-hydrogen) atoms. The van der Waals surface area contributed by atoms with E-state index < -0.39 is 38.5 Å². The molecule has 2 aromatic rings. The Morgan fingerprint density at radius 1 is 1.19 bits per heavy atom. The van der Waals surface area contributed by atoms with E-state index in [4.69, 9.17) is 0 Å². The summed E-state index contributed by atoms with van der Waals surface area (Å²) >= 11 is 0.769. The Bertz CT molecular complexity index is 778. The lowest BCUT2D eigenvalue weighted by atomic mass is 10.3. The summed E-state index contributed by atoms with van der Waals surface area (Å²) in [6.07, 6.45) is -0.139. The van der Waals surface area contributed by atoms with Gasteiger partial charge >= 0.3 is 6.09 Å². The lowest BCUT2D eigenvalue weighted by molar-refractivity contribution is 0.208. The van der Waals surface area contributed by atoms with Crippen molar-refractivity contribution in [3.8, 4) is 5.06 Å². The fourth-order valence-corrected chi connectivity index (χ4v) is 2.65. The van der Waals surface area contributed by atoms with Gasteiger partial charge in [-0.15, -0.1) is 0 Å². The minimum atomic E-state index is -4.75. The molecule has 1 N–H and O–H groups in total. The summed E-state index contributed by atoms with van der Waals surface area (Å²) in [5.74, 6) is -5.46. The van der Waals surface area contributed by atoms with Crippen LogP contribution >= 0.6 is 11.5 Å². The highest BCUT2D eigenvalue weighted by atomic mass is 32.2. The van der Waals surface area contributed by atoms with Crippen LogP contribution in [-0.2, 0) is 10.0 Å². The van der Waals surface area contributed by atoms with Crippen LogP contribution in [0.15, 0.2) is 29.3 Å². The van der Waals surface area contributed by atoms with Crippen LogP contribution in [0.25, 0.3) is 0 Å². The smallest absolute Gasteiger partial charge is 0.397 e. The van der Waals surface area contributed by atoms with Gasteiger partial charge < -0.3 is 4.74 Å². The first-order valence-electron chi connectivity index (χ1n) is 5.10. The molecule has 1 aromatic heterocycles. The Labute approximate surface area is 120 Å². The SMILES string of the molecule is O=C(NS(=O)(=O)c1ccc(F)c(F)c1F)Oc1ccns1. The predicted molar refractivity (Wildman–Crippen MR) is 64.8 cm³/mol. The van der Waals surface area contributed by atoms with Gasteiger partial charge in [0.2, 0.25) is 5.06 Å². The molecule has 1 heterocycles. The number of aromatic nitrogens is 1. The zero-order valence-corrected chi connectivity index (χ0v) is 11.5. The van der Waals surface area contributed by atoms with Crippen LogP contribution in [0.2, 0.25) is 0 Å². The zero-order chi connectivity index (χ0) is 15.6. The third kappa shape index (κ3) is 3.31. The molecule has 11 heteroatoms. The number of nitrogens with zero attached hydrogens (tertiary/aromatic N) is 1. The van der Waals surface area contributed by atoms with Gasteiger partial charge in [-0.3, -0.25) is 0 Å². The highest BCUT2D eigenvalue weighted by Gasteiger charge is 2.26. The Morgan fingerprint density at radius 3 is 2.52 bits per heavy atom. The van der Waals surface area contributed by atoms with Crippen molar-refractivity contribution in [2.45, 2.75) is 4.90 Å². The van der Waals surface area contributed by atoms with Crippen LogP contribution < -0.4 is 9.46 Å². The van der Waals surface area contributed by atoms with Gasteiger partial charge in [-0.1, -0.05) is 0 Å². The van der Waals surface area contributed by atoms with Crippen molar-refractivity contribution >= 4 is 27.6 Å². The second-order valence-corrected chi connectivity index (χ2v) is 5.95. The summed E-state index contributed by atoms with van der Waals surface area (Å²) in [4.78, 5) is 10.1. The second-order valence-electron chi connectivity index (χ2n) is 3.50. The van der Waals surface area contributed by atoms with Crippen LogP contribution in [0.1, 0.15) is 0 Å². The Morgan fingerprint density at radius 2 is 1.90 bits per heavy atom. The Hall–Kier alpha value is -2.14. The maximum Gasteiger partial charge on any atom is 0.427 e. The molecule has 0 saturated heterocycles. The number of hydrogen-bond donors (Lipinski definition) is 1. The first-order chi connectivity index (χ1) is 9.81. The molecule has 6 nitrogen and oxygen atoms in total. The number of benzene rings is 1. The van der Waals surface area contributed by atoms with Crippen LogP contribution in [0.3, 0.4) is 0 Å². The third-order valence-corrected chi connectivity index (χ3v) is 4.07. The van der Waals surface area contributed by atoms with Crippen molar-refractivity contribution in [1.29, 1.82) is 0 Å². The number of hydrogen-bond acceptors (Lipinski definition) is 6. The highest BCUT2D eigenvalue weighted by Crippen LogP contribution is 2.20. The third-order valence-electron chi connectivity index (χ3n) is 2.11. The molecule has 0 saturated carbocycles. The first-order valence-corrected chi connectivity index (χ1v) is 7.36. The van der Waals surface area contributed by atoms with E-state index in [0.29, 0.717) is 12.1 Å². The van der Waals surface area contributed by atoms with Crippen LogP contribution in [0, 0.1) is 17.5 Å². The molecule has 0 aliphatic rings. The van der Waals surface area contributed by atoms with E-state index in [-0.39, 0.29) is 5.06 Å². The minimum Gasteiger partial charge on any atom is -0.397 e. The van der Waals surface area contributed by atoms with E-state index in [1.54, 1.807) is 0 Å². The molecule has 2 rings (SSSR count). The predicted octanol–water partition coefficient (Wildman–Crippen LogP) is 2.04. The van der Waals surface area contributed by atoms with Gasteiger partial charge in [-0.25, -0.2) is 31.1 Å². The molecule has 1 amide bonds. The maximum absolute atomic E-state index is 13.4. The molecule has 112 valence electrons. The number of amides is 1. The number of ether oxygens (including phenoxy) is 1. The number of carbonyl (C=O) groups excluding carboxylic acids is 1. The molecule has 0 fully saturated rings. The number of rotatable bonds is 3. The van der Waals surface area contributed by atoms with Crippen LogP contribution in [0.4, 0.5) is 18.0 Å². The molecule has 0 aliphatic heterocycles. The van der Waals surface area contributed by atoms with Crippen molar-refractivity contribution in [1.82, 2.24) is 9.10 Å². The first kappa shape index (κ1) is 15.3. The molecular formula is C10H5F3N2O4S2.